The van der Waals surface area contributed by atoms with Gasteiger partial charge in [0.25, 0.3) is 0 Å². The topological polar surface area (TPSA) is 89.6 Å². The molecule has 1 aromatic carbocycles. The van der Waals surface area contributed by atoms with E-state index in [2.05, 4.69) is 25.4 Å². The predicted molar refractivity (Wildman–Crippen MR) is 66.6 cm³/mol. The fourth-order valence-corrected chi connectivity index (χ4v) is 1.67. The Balaban J connectivity index is 2.03. The number of hydrogen-bond acceptors (Lipinski definition) is 6. The first-order valence-corrected chi connectivity index (χ1v) is 5.60. The van der Waals surface area contributed by atoms with Gasteiger partial charge in [-0.1, -0.05) is 0 Å². The lowest BCUT2D eigenvalue weighted by Crippen LogP contribution is -1.99. The zero-order chi connectivity index (χ0) is 13.2. The summed E-state index contributed by atoms with van der Waals surface area (Å²) in [6, 6.07) is 5.09. The maximum atomic E-state index is 10.0. The number of aryl methyl sites for hydroxylation is 1. The van der Waals surface area contributed by atoms with Crippen molar-refractivity contribution in [1.82, 2.24) is 30.2 Å². The highest BCUT2D eigenvalue weighted by atomic mass is 16.3. The average Bonchev–Trinajstić information content (AvgIpc) is 2.94. The molecule has 0 atom stereocenters. The van der Waals surface area contributed by atoms with E-state index in [0.717, 1.165) is 0 Å². The van der Waals surface area contributed by atoms with Gasteiger partial charge in [0.2, 0.25) is 0 Å². The Labute approximate surface area is 108 Å². The Hall–Kier alpha value is -2.83. The standard InChI is InChI=1S/C12H10N6O/c1-8-13-7-11(17-16-8)10-3-2-9(6-12(10)19)18-14-4-5-15-18/h2-7,19H,1H3. The van der Waals surface area contributed by atoms with Gasteiger partial charge in [0, 0.05) is 11.6 Å². The molecule has 94 valence electrons. The molecule has 3 rings (SSSR count). The minimum Gasteiger partial charge on any atom is -0.507 e. The van der Waals surface area contributed by atoms with Gasteiger partial charge >= 0.3 is 0 Å². The monoisotopic (exact) mass is 254 g/mol. The smallest absolute Gasteiger partial charge is 0.147 e. The third kappa shape index (κ3) is 2.13. The van der Waals surface area contributed by atoms with Crippen molar-refractivity contribution in [3.05, 3.63) is 42.6 Å². The van der Waals surface area contributed by atoms with E-state index in [9.17, 15) is 5.11 Å². The number of nitrogens with zero attached hydrogens (tertiary/aromatic N) is 6. The molecule has 0 unspecified atom stereocenters. The van der Waals surface area contributed by atoms with Crippen LogP contribution in [-0.4, -0.2) is 35.3 Å². The van der Waals surface area contributed by atoms with Crippen LogP contribution in [-0.2, 0) is 0 Å². The molecule has 0 amide bonds. The van der Waals surface area contributed by atoms with E-state index in [1.807, 2.05) is 0 Å². The van der Waals surface area contributed by atoms with E-state index in [4.69, 9.17) is 0 Å². The molecule has 0 saturated heterocycles. The first-order chi connectivity index (χ1) is 9.24. The van der Waals surface area contributed by atoms with Crippen LogP contribution in [0.15, 0.2) is 36.8 Å². The van der Waals surface area contributed by atoms with Crippen LogP contribution in [0.25, 0.3) is 16.9 Å². The van der Waals surface area contributed by atoms with E-state index in [0.29, 0.717) is 22.8 Å². The van der Waals surface area contributed by atoms with E-state index in [1.54, 1.807) is 43.7 Å². The van der Waals surface area contributed by atoms with Gasteiger partial charge in [0.15, 0.2) is 0 Å². The summed E-state index contributed by atoms with van der Waals surface area (Å²) in [4.78, 5) is 5.47. The van der Waals surface area contributed by atoms with Crippen LogP contribution >= 0.6 is 0 Å². The Morgan fingerprint density at radius 2 is 1.89 bits per heavy atom. The number of hydrogen-bond donors (Lipinski definition) is 1. The first-order valence-electron chi connectivity index (χ1n) is 5.60. The zero-order valence-electron chi connectivity index (χ0n) is 10.1. The molecule has 0 spiro atoms. The van der Waals surface area contributed by atoms with Crippen molar-refractivity contribution >= 4 is 0 Å². The van der Waals surface area contributed by atoms with Gasteiger partial charge < -0.3 is 5.11 Å². The highest BCUT2D eigenvalue weighted by Gasteiger charge is 2.09. The molecule has 2 heterocycles. The molecule has 0 aliphatic heterocycles. The van der Waals surface area contributed by atoms with Crippen molar-refractivity contribution in [2.24, 2.45) is 0 Å². The minimum atomic E-state index is 0.0785. The van der Waals surface area contributed by atoms with E-state index < -0.39 is 0 Å². The van der Waals surface area contributed by atoms with Crippen molar-refractivity contribution in [3.8, 4) is 22.7 Å². The van der Waals surface area contributed by atoms with Crippen LogP contribution in [0.5, 0.6) is 5.75 Å². The normalized spacial score (nSPS) is 10.6. The maximum absolute atomic E-state index is 10.0. The van der Waals surface area contributed by atoms with Crippen LogP contribution in [0, 0.1) is 6.92 Å². The zero-order valence-corrected chi connectivity index (χ0v) is 10.1. The Bertz CT molecular complexity index is 693. The molecule has 1 N–H and O–H groups in total. The molecule has 7 heteroatoms. The van der Waals surface area contributed by atoms with Gasteiger partial charge in [-0.3, -0.25) is 0 Å². The van der Waals surface area contributed by atoms with Gasteiger partial charge in [-0.25, -0.2) is 4.98 Å². The fourth-order valence-electron chi connectivity index (χ4n) is 1.67. The van der Waals surface area contributed by atoms with Crippen LogP contribution in [0.3, 0.4) is 0 Å². The Kier molecular flexibility index (Phi) is 2.64. The Morgan fingerprint density at radius 1 is 1.11 bits per heavy atom. The SMILES string of the molecule is Cc1ncc(-c2ccc(-n3nccn3)cc2O)nn1. The molecule has 0 fully saturated rings. The van der Waals surface area contributed by atoms with E-state index in [1.165, 1.54) is 4.80 Å². The van der Waals surface area contributed by atoms with E-state index in [-0.39, 0.29) is 5.75 Å². The van der Waals surface area contributed by atoms with Crippen LogP contribution in [0.4, 0.5) is 0 Å². The molecule has 19 heavy (non-hydrogen) atoms. The molecular weight excluding hydrogens is 244 g/mol. The molecule has 0 radical (unpaired) electrons. The molecule has 3 aromatic rings. The van der Waals surface area contributed by atoms with E-state index >= 15 is 0 Å². The van der Waals surface area contributed by atoms with Crippen LogP contribution in [0.1, 0.15) is 5.82 Å². The summed E-state index contributed by atoms with van der Waals surface area (Å²) in [5.41, 5.74) is 1.75. The summed E-state index contributed by atoms with van der Waals surface area (Å²) in [5, 5.41) is 25.9. The largest absolute Gasteiger partial charge is 0.507 e. The van der Waals surface area contributed by atoms with Gasteiger partial charge in [0.05, 0.1) is 24.3 Å². The summed E-state index contributed by atoms with van der Waals surface area (Å²) in [7, 11) is 0. The highest BCUT2D eigenvalue weighted by molar-refractivity contribution is 5.67. The second-order valence-corrected chi connectivity index (χ2v) is 3.91. The van der Waals surface area contributed by atoms with Crippen LogP contribution < -0.4 is 0 Å². The van der Waals surface area contributed by atoms with Crippen LogP contribution in [0.2, 0.25) is 0 Å². The van der Waals surface area contributed by atoms with Gasteiger partial charge in [-0.05, 0) is 19.1 Å². The number of aromatic nitrogens is 6. The highest BCUT2D eigenvalue weighted by Crippen LogP contribution is 2.28. The third-order valence-corrected chi connectivity index (χ3v) is 2.58. The number of aromatic hydroxyl groups is 1. The molecule has 0 bridgehead atoms. The van der Waals surface area contributed by atoms with Gasteiger partial charge in [-0.2, -0.15) is 15.0 Å². The van der Waals surface area contributed by atoms with Crippen molar-refractivity contribution in [1.29, 1.82) is 0 Å². The summed E-state index contributed by atoms with van der Waals surface area (Å²) >= 11 is 0. The summed E-state index contributed by atoms with van der Waals surface area (Å²) < 4.78 is 0. The van der Waals surface area contributed by atoms with Crippen molar-refractivity contribution in [3.63, 3.8) is 0 Å². The van der Waals surface area contributed by atoms with Crippen molar-refractivity contribution < 1.29 is 5.11 Å². The molecule has 0 saturated carbocycles. The molecular formula is C12H10N6O. The lowest BCUT2D eigenvalue weighted by molar-refractivity contribution is 0.476. The number of benzene rings is 1. The average molecular weight is 254 g/mol. The maximum Gasteiger partial charge on any atom is 0.147 e. The number of phenolic OH excluding ortho intramolecular Hbond substituents is 1. The predicted octanol–water partition coefficient (Wildman–Crippen LogP) is 1.13. The van der Waals surface area contributed by atoms with Crippen molar-refractivity contribution in [2.75, 3.05) is 0 Å². The van der Waals surface area contributed by atoms with Crippen molar-refractivity contribution in [2.45, 2.75) is 6.92 Å². The molecule has 0 aliphatic rings. The second kappa shape index (κ2) is 4.45. The Morgan fingerprint density at radius 3 is 2.53 bits per heavy atom. The summed E-state index contributed by atoms with van der Waals surface area (Å²) in [6.45, 7) is 1.75. The molecule has 7 nitrogen and oxygen atoms in total. The minimum absolute atomic E-state index is 0.0785. The number of rotatable bonds is 2. The summed E-state index contributed by atoms with van der Waals surface area (Å²) in [6.07, 6.45) is 4.71. The molecule has 0 aliphatic carbocycles. The molecule has 2 aromatic heterocycles. The third-order valence-electron chi connectivity index (χ3n) is 2.58. The second-order valence-electron chi connectivity index (χ2n) is 3.91. The number of phenols is 1. The quantitative estimate of drug-likeness (QED) is 0.737. The lowest BCUT2D eigenvalue weighted by Gasteiger charge is -2.05. The van der Waals surface area contributed by atoms with Gasteiger partial charge in [0.1, 0.15) is 17.3 Å². The fraction of sp³-hybridized carbons (Fsp3) is 0.0833. The first kappa shape index (κ1) is 11.3. The summed E-state index contributed by atoms with van der Waals surface area (Å²) in [5.74, 6) is 0.662. The lowest BCUT2D eigenvalue weighted by atomic mass is 10.1. The van der Waals surface area contributed by atoms with Gasteiger partial charge in [-0.15, -0.1) is 10.2 Å².